The zero-order chi connectivity index (χ0) is 15.5. The Morgan fingerprint density at radius 2 is 1.90 bits per heavy atom. The molecule has 1 N–H and O–H groups in total. The van der Waals surface area contributed by atoms with Crippen molar-refractivity contribution >= 4 is 17.7 Å². The molecule has 0 spiro atoms. The lowest BCUT2D eigenvalue weighted by atomic mass is 10.1. The largest absolute Gasteiger partial charge is 0.573 e. The van der Waals surface area contributed by atoms with E-state index in [0.29, 0.717) is 5.75 Å². The van der Waals surface area contributed by atoms with E-state index in [1.807, 2.05) is 0 Å². The van der Waals surface area contributed by atoms with Crippen LogP contribution in [0, 0.1) is 5.41 Å². The summed E-state index contributed by atoms with van der Waals surface area (Å²) >= 11 is 1.61. The van der Waals surface area contributed by atoms with Gasteiger partial charge in [-0.25, -0.2) is 0 Å². The topological polar surface area (TPSA) is 46.5 Å². The van der Waals surface area contributed by atoms with Gasteiger partial charge >= 0.3 is 12.3 Å². The maximum atomic E-state index is 12.0. The number of carboxylic acids is 1. The van der Waals surface area contributed by atoms with Crippen molar-refractivity contribution in [3.05, 3.63) is 29.8 Å². The lowest BCUT2D eigenvalue weighted by molar-refractivity contribution is -0.274. The molecule has 0 atom stereocenters. The van der Waals surface area contributed by atoms with Gasteiger partial charge in [0.2, 0.25) is 0 Å². The van der Waals surface area contributed by atoms with Gasteiger partial charge in [0.1, 0.15) is 5.75 Å². The van der Waals surface area contributed by atoms with Crippen LogP contribution in [-0.4, -0.2) is 23.2 Å². The molecule has 0 amide bonds. The number of carbonyl (C=O) groups is 1. The van der Waals surface area contributed by atoms with Crippen molar-refractivity contribution in [1.82, 2.24) is 0 Å². The van der Waals surface area contributed by atoms with E-state index in [1.165, 1.54) is 12.1 Å². The molecule has 3 nitrogen and oxygen atoms in total. The SMILES string of the molecule is O=C(O)CC1(CSCc2ccc(OC(F)(F)F)cc2)CC1. The van der Waals surface area contributed by atoms with E-state index in [-0.39, 0.29) is 17.6 Å². The van der Waals surface area contributed by atoms with Gasteiger partial charge in [0.15, 0.2) is 0 Å². The van der Waals surface area contributed by atoms with Gasteiger partial charge in [0.05, 0.1) is 6.42 Å². The average molecular weight is 320 g/mol. The van der Waals surface area contributed by atoms with Crippen molar-refractivity contribution in [2.24, 2.45) is 5.41 Å². The first kappa shape index (κ1) is 16.0. The van der Waals surface area contributed by atoms with Gasteiger partial charge in [0.25, 0.3) is 0 Å². The Morgan fingerprint density at radius 3 is 2.38 bits per heavy atom. The molecule has 1 fully saturated rings. The van der Waals surface area contributed by atoms with Crippen LogP contribution in [-0.2, 0) is 10.5 Å². The fraction of sp³-hybridized carbons (Fsp3) is 0.500. The third-order valence-electron chi connectivity index (χ3n) is 3.32. The summed E-state index contributed by atoms with van der Waals surface area (Å²) in [6.07, 6.45) is -2.61. The van der Waals surface area contributed by atoms with E-state index < -0.39 is 12.3 Å². The molecule has 0 heterocycles. The number of halogens is 3. The maximum absolute atomic E-state index is 12.0. The summed E-state index contributed by atoms with van der Waals surface area (Å²) in [6.45, 7) is 0. The number of rotatable bonds is 7. The zero-order valence-corrected chi connectivity index (χ0v) is 12.0. The van der Waals surface area contributed by atoms with Crippen molar-refractivity contribution in [2.75, 3.05) is 5.75 Å². The highest BCUT2D eigenvalue weighted by molar-refractivity contribution is 7.98. The van der Waals surface area contributed by atoms with Gasteiger partial charge in [-0.1, -0.05) is 12.1 Å². The summed E-state index contributed by atoms with van der Waals surface area (Å²) in [5, 5.41) is 8.81. The second kappa shape index (κ2) is 6.17. The molecule has 1 saturated carbocycles. The Bertz CT molecular complexity index is 495. The molecular weight excluding hydrogens is 305 g/mol. The second-order valence-corrected chi connectivity index (χ2v) is 6.24. The number of carboxylic acid groups (broad SMARTS) is 1. The van der Waals surface area contributed by atoms with Gasteiger partial charge in [-0.3, -0.25) is 4.79 Å². The van der Waals surface area contributed by atoms with Crippen LogP contribution < -0.4 is 4.74 Å². The normalized spacial score (nSPS) is 16.5. The molecule has 0 aromatic heterocycles. The molecule has 21 heavy (non-hydrogen) atoms. The molecular formula is C14H15F3O3S. The second-order valence-electron chi connectivity index (χ2n) is 5.26. The number of hydrogen-bond acceptors (Lipinski definition) is 3. The van der Waals surface area contributed by atoms with Crippen molar-refractivity contribution in [2.45, 2.75) is 31.4 Å². The minimum absolute atomic E-state index is 0.0736. The van der Waals surface area contributed by atoms with Crippen LogP contribution in [0.25, 0.3) is 0 Å². The molecule has 1 aliphatic carbocycles. The van der Waals surface area contributed by atoms with E-state index >= 15 is 0 Å². The minimum Gasteiger partial charge on any atom is -0.481 e. The van der Waals surface area contributed by atoms with Crippen molar-refractivity contribution in [1.29, 1.82) is 0 Å². The summed E-state index contributed by atoms with van der Waals surface area (Å²) in [4.78, 5) is 10.7. The highest BCUT2D eigenvalue weighted by Gasteiger charge is 2.44. The van der Waals surface area contributed by atoms with Crippen LogP contribution in [0.1, 0.15) is 24.8 Å². The first-order valence-corrected chi connectivity index (χ1v) is 7.58. The Balaban J connectivity index is 1.78. The monoisotopic (exact) mass is 320 g/mol. The Kier molecular flexibility index (Phi) is 4.70. The highest BCUT2D eigenvalue weighted by Crippen LogP contribution is 2.51. The number of hydrogen-bond donors (Lipinski definition) is 1. The van der Waals surface area contributed by atoms with Crippen LogP contribution in [0.4, 0.5) is 13.2 Å². The molecule has 1 aromatic rings. The van der Waals surface area contributed by atoms with Crippen LogP contribution in [0.5, 0.6) is 5.75 Å². The summed E-state index contributed by atoms with van der Waals surface area (Å²) in [6, 6.07) is 5.75. The number of thioether (sulfide) groups is 1. The molecule has 0 saturated heterocycles. The molecule has 2 rings (SSSR count). The number of alkyl halides is 3. The van der Waals surface area contributed by atoms with Crippen LogP contribution in [0.2, 0.25) is 0 Å². The molecule has 1 aliphatic rings. The predicted octanol–water partition coefficient (Wildman–Crippen LogP) is 4.07. The smallest absolute Gasteiger partial charge is 0.481 e. The number of ether oxygens (including phenoxy) is 1. The summed E-state index contributed by atoms with van der Waals surface area (Å²) in [7, 11) is 0. The quantitative estimate of drug-likeness (QED) is 0.822. The standard InChI is InChI=1S/C14H15F3O3S/c15-14(16,17)20-11-3-1-10(2-4-11)8-21-9-13(5-6-13)7-12(18)19/h1-4H,5-9H2,(H,18,19). The Hall–Kier alpha value is -1.37. The summed E-state index contributed by atoms with van der Waals surface area (Å²) in [5.74, 6) is 0.399. The number of benzene rings is 1. The van der Waals surface area contributed by atoms with Crippen LogP contribution in [0.15, 0.2) is 24.3 Å². The third-order valence-corrected chi connectivity index (χ3v) is 4.67. The van der Waals surface area contributed by atoms with Gasteiger partial charge in [-0.2, -0.15) is 11.8 Å². The van der Waals surface area contributed by atoms with Gasteiger partial charge in [0, 0.05) is 5.75 Å². The van der Waals surface area contributed by atoms with Crippen LogP contribution >= 0.6 is 11.8 Å². The average Bonchev–Trinajstić information content (AvgIpc) is 3.08. The predicted molar refractivity (Wildman–Crippen MR) is 73.2 cm³/mol. The van der Waals surface area contributed by atoms with E-state index in [9.17, 15) is 18.0 Å². The van der Waals surface area contributed by atoms with E-state index in [1.54, 1.807) is 23.9 Å². The third kappa shape index (κ3) is 5.49. The fourth-order valence-corrected chi connectivity index (χ4v) is 3.40. The minimum atomic E-state index is -4.68. The first-order chi connectivity index (χ1) is 9.78. The number of aliphatic carboxylic acids is 1. The molecule has 1 aromatic carbocycles. The van der Waals surface area contributed by atoms with E-state index in [0.717, 1.165) is 24.2 Å². The van der Waals surface area contributed by atoms with Crippen LogP contribution in [0.3, 0.4) is 0 Å². The maximum Gasteiger partial charge on any atom is 0.573 e. The van der Waals surface area contributed by atoms with E-state index in [2.05, 4.69) is 4.74 Å². The Labute approximate surface area is 124 Å². The molecule has 0 bridgehead atoms. The molecule has 7 heteroatoms. The highest BCUT2D eigenvalue weighted by atomic mass is 32.2. The molecule has 0 unspecified atom stereocenters. The van der Waals surface area contributed by atoms with Crippen molar-refractivity contribution in [3.8, 4) is 5.75 Å². The lowest BCUT2D eigenvalue weighted by Gasteiger charge is -2.12. The summed E-state index contributed by atoms with van der Waals surface area (Å²) in [5.41, 5.74) is 0.816. The fourth-order valence-electron chi connectivity index (χ4n) is 2.04. The lowest BCUT2D eigenvalue weighted by Crippen LogP contribution is -2.17. The molecule has 0 radical (unpaired) electrons. The molecule has 0 aliphatic heterocycles. The Morgan fingerprint density at radius 1 is 1.29 bits per heavy atom. The summed E-state index contributed by atoms with van der Waals surface area (Å²) < 4.78 is 39.8. The van der Waals surface area contributed by atoms with Gasteiger partial charge in [-0.05, 0) is 41.7 Å². The van der Waals surface area contributed by atoms with Crippen molar-refractivity contribution in [3.63, 3.8) is 0 Å². The zero-order valence-electron chi connectivity index (χ0n) is 11.2. The van der Waals surface area contributed by atoms with Crippen molar-refractivity contribution < 1.29 is 27.8 Å². The van der Waals surface area contributed by atoms with Gasteiger partial charge < -0.3 is 9.84 Å². The molecule has 116 valence electrons. The van der Waals surface area contributed by atoms with Gasteiger partial charge in [-0.15, -0.1) is 13.2 Å². The first-order valence-electron chi connectivity index (χ1n) is 6.42. The van der Waals surface area contributed by atoms with E-state index in [4.69, 9.17) is 5.11 Å².